The van der Waals surface area contributed by atoms with E-state index in [1.807, 2.05) is 0 Å². The van der Waals surface area contributed by atoms with E-state index in [2.05, 4.69) is 0 Å². The number of carbonyl (C=O) groups excluding carboxylic acids is 1. The lowest BCUT2D eigenvalue weighted by Gasteiger charge is -2.19. The van der Waals surface area contributed by atoms with Crippen molar-refractivity contribution in [2.75, 3.05) is 7.05 Å². The molecule has 0 saturated carbocycles. The summed E-state index contributed by atoms with van der Waals surface area (Å²) in [6.45, 7) is 1.87. The molecule has 5 nitrogen and oxygen atoms in total. The minimum absolute atomic E-state index is 0.0636. The minimum Gasteiger partial charge on any atom is -0.337 e. The minimum atomic E-state index is -3.89. The molecule has 2 N–H and O–H groups in total. The summed E-state index contributed by atoms with van der Waals surface area (Å²) >= 11 is 12.0. The van der Waals surface area contributed by atoms with Crippen molar-refractivity contribution in [3.8, 4) is 0 Å². The Hall–Kier alpha value is -1.60. The Labute approximate surface area is 151 Å². The van der Waals surface area contributed by atoms with Crippen LogP contribution in [0.15, 0.2) is 41.3 Å². The first kappa shape index (κ1) is 18.7. The molecule has 0 unspecified atom stereocenters. The summed E-state index contributed by atoms with van der Waals surface area (Å²) in [5.74, 6) is -0.342. The average Bonchev–Trinajstić information content (AvgIpc) is 2.48. The molecule has 0 saturated heterocycles. The number of sulfonamides is 1. The molecule has 0 heterocycles. The molecule has 0 aromatic heterocycles. The molecule has 0 radical (unpaired) electrons. The van der Waals surface area contributed by atoms with Gasteiger partial charge in [-0.3, -0.25) is 4.79 Å². The third kappa shape index (κ3) is 4.27. The summed E-state index contributed by atoms with van der Waals surface area (Å²) < 4.78 is 23.2. The van der Waals surface area contributed by atoms with E-state index in [9.17, 15) is 13.2 Å². The van der Waals surface area contributed by atoms with Gasteiger partial charge in [-0.15, -0.1) is 0 Å². The average molecular weight is 387 g/mol. The topological polar surface area (TPSA) is 80.5 Å². The van der Waals surface area contributed by atoms with Gasteiger partial charge < -0.3 is 4.90 Å². The van der Waals surface area contributed by atoms with Gasteiger partial charge in [-0.25, -0.2) is 13.6 Å². The maximum absolute atomic E-state index is 12.5. The number of halogens is 2. The van der Waals surface area contributed by atoms with E-state index in [-0.39, 0.29) is 22.9 Å². The van der Waals surface area contributed by atoms with Gasteiger partial charge in [0, 0.05) is 29.2 Å². The van der Waals surface area contributed by atoms with Crippen molar-refractivity contribution >= 4 is 39.1 Å². The number of hydrogen-bond acceptors (Lipinski definition) is 3. The first-order valence-electron chi connectivity index (χ1n) is 6.92. The fourth-order valence-electron chi connectivity index (χ4n) is 2.24. The second-order valence-electron chi connectivity index (χ2n) is 5.42. The normalized spacial score (nSPS) is 11.4. The molecular formula is C16H16Cl2N2O3S. The third-order valence-corrected chi connectivity index (χ3v) is 5.15. The summed E-state index contributed by atoms with van der Waals surface area (Å²) in [5, 5.41) is 6.14. The Balaban J connectivity index is 2.28. The van der Waals surface area contributed by atoms with Gasteiger partial charge in [-0.2, -0.15) is 0 Å². The summed E-state index contributed by atoms with van der Waals surface area (Å²) in [4.78, 5) is 13.9. The van der Waals surface area contributed by atoms with Gasteiger partial charge in [0.15, 0.2) is 0 Å². The molecule has 2 aromatic carbocycles. The molecule has 128 valence electrons. The van der Waals surface area contributed by atoms with Crippen molar-refractivity contribution in [3.05, 3.63) is 63.1 Å². The first-order valence-corrected chi connectivity index (χ1v) is 9.22. The number of amides is 1. The van der Waals surface area contributed by atoms with E-state index in [0.717, 1.165) is 5.56 Å². The second kappa shape index (κ2) is 7.11. The smallest absolute Gasteiger partial charge is 0.253 e. The Morgan fingerprint density at radius 1 is 1.17 bits per heavy atom. The molecule has 0 spiro atoms. The van der Waals surface area contributed by atoms with Crippen molar-refractivity contribution < 1.29 is 13.2 Å². The van der Waals surface area contributed by atoms with Gasteiger partial charge in [0.05, 0.1) is 4.90 Å². The number of primary sulfonamides is 1. The number of carbonyl (C=O) groups is 1. The fraction of sp³-hybridized carbons (Fsp3) is 0.188. The zero-order valence-corrected chi connectivity index (χ0v) is 15.4. The lowest BCUT2D eigenvalue weighted by Crippen LogP contribution is -2.27. The first-order chi connectivity index (χ1) is 11.1. The van der Waals surface area contributed by atoms with E-state index >= 15 is 0 Å². The van der Waals surface area contributed by atoms with Crippen molar-refractivity contribution in [3.63, 3.8) is 0 Å². The van der Waals surface area contributed by atoms with Gasteiger partial charge in [0.25, 0.3) is 5.91 Å². The van der Waals surface area contributed by atoms with E-state index in [1.54, 1.807) is 44.3 Å². The van der Waals surface area contributed by atoms with Crippen LogP contribution in [0, 0.1) is 6.92 Å². The molecule has 24 heavy (non-hydrogen) atoms. The van der Waals surface area contributed by atoms with Gasteiger partial charge in [-0.1, -0.05) is 35.3 Å². The molecule has 8 heteroatoms. The number of hydrogen-bond donors (Lipinski definition) is 1. The van der Waals surface area contributed by atoms with E-state index in [1.165, 1.54) is 11.0 Å². The number of aryl methyl sites for hydroxylation is 1. The molecule has 0 aliphatic heterocycles. The third-order valence-electron chi connectivity index (χ3n) is 3.51. The quantitative estimate of drug-likeness (QED) is 0.875. The van der Waals surface area contributed by atoms with Crippen LogP contribution in [0.3, 0.4) is 0 Å². The highest BCUT2D eigenvalue weighted by Crippen LogP contribution is 2.23. The standard InChI is InChI=1S/C16H16Cl2N2O3S/c1-10-3-4-11(7-15(10)24(19,22)23)16(21)20(2)9-12-5-6-13(17)8-14(12)18/h3-8H,9H2,1-2H3,(H2,19,22,23). The van der Waals surface area contributed by atoms with Crippen molar-refractivity contribution in [1.82, 2.24) is 4.90 Å². The van der Waals surface area contributed by atoms with Crippen molar-refractivity contribution in [2.24, 2.45) is 5.14 Å². The predicted octanol–water partition coefficient (Wildman–Crippen LogP) is 3.22. The van der Waals surface area contributed by atoms with E-state index in [0.29, 0.717) is 15.6 Å². The molecule has 2 rings (SSSR count). The number of nitrogens with two attached hydrogens (primary N) is 1. The molecule has 0 aliphatic carbocycles. The Bertz CT molecular complexity index is 898. The second-order valence-corrected chi connectivity index (χ2v) is 7.80. The summed E-state index contributed by atoms with van der Waals surface area (Å²) in [5.41, 5.74) is 1.45. The van der Waals surface area contributed by atoms with Crippen LogP contribution >= 0.6 is 23.2 Å². The lowest BCUT2D eigenvalue weighted by atomic mass is 10.1. The van der Waals surface area contributed by atoms with Crippen LogP contribution in [0.5, 0.6) is 0 Å². The molecule has 0 atom stereocenters. The predicted molar refractivity (Wildman–Crippen MR) is 94.8 cm³/mol. The SMILES string of the molecule is Cc1ccc(C(=O)N(C)Cc2ccc(Cl)cc2Cl)cc1S(N)(=O)=O. The van der Waals surface area contributed by atoms with Crippen LogP contribution < -0.4 is 5.14 Å². The number of rotatable bonds is 4. The highest BCUT2D eigenvalue weighted by atomic mass is 35.5. The van der Waals surface area contributed by atoms with Crippen LogP contribution in [0.2, 0.25) is 10.0 Å². The van der Waals surface area contributed by atoms with Gasteiger partial charge in [0.1, 0.15) is 0 Å². The Kier molecular flexibility index (Phi) is 5.55. The maximum Gasteiger partial charge on any atom is 0.253 e. The van der Waals surface area contributed by atoms with Crippen LogP contribution in [0.4, 0.5) is 0 Å². The van der Waals surface area contributed by atoms with Gasteiger partial charge in [0.2, 0.25) is 10.0 Å². The van der Waals surface area contributed by atoms with Crippen LogP contribution in [-0.2, 0) is 16.6 Å². The fourth-order valence-corrected chi connectivity index (χ4v) is 3.51. The molecular weight excluding hydrogens is 371 g/mol. The largest absolute Gasteiger partial charge is 0.337 e. The van der Waals surface area contributed by atoms with Crippen molar-refractivity contribution in [1.29, 1.82) is 0 Å². The molecule has 0 fully saturated rings. The van der Waals surface area contributed by atoms with Crippen LogP contribution in [-0.4, -0.2) is 26.3 Å². The molecule has 0 bridgehead atoms. The van der Waals surface area contributed by atoms with Gasteiger partial charge in [-0.05, 0) is 42.3 Å². The Morgan fingerprint density at radius 2 is 1.83 bits per heavy atom. The highest BCUT2D eigenvalue weighted by Gasteiger charge is 2.18. The van der Waals surface area contributed by atoms with Gasteiger partial charge >= 0.3 is 0 Å². The number of benzene rings is 2. The zero-order valence-electron chi connectivity index (χ0n) is 13.1. The zero-order chi connectivity index (χ0) is 18.1. The highest BCUT2D eigenvalue weighted by molar-refractivity contribution is 7.89. The summed E-state index contributed by atoms with van der Waals surface area (Å²) in [7, 11) is -2.29. The van der Waals surface area contributed by atoms with E-state index < -0.39 is 10.0 Å². The van der Waals surface area contributed by atoms with Crippen LogP contribution in [0.1, 0.15) is 21.5 Å². The Morgan fingerprint density at radius 3 is 2.42 bits per heavy atom. The van der Waals surface area contributed by atoms with E-state index in [4.69, 9.17) is 28.3 Å². The molecule has 1 amide bonds. The monoisotopic (exact) mass is 386 g/mol. The van der Waals surface area contributed by atoms with Crippen molar-refractivity contribution in [2.45, 2.75) is 18.4 Å². The van der Waals surface area contributed by atoms with Crippen LogP contribution in [0.25, 0.3) is 0 Å². The molecule has 0 aliphatic rings. The summed E-state index contributed by atoms with van der Waals surface area (Å²) in [6, 6.07) is 9.42. The molecule has 2 aromatic rings. The number of nitrogens with zero attached hydrogens (tertiary/aromatic N) is 1. The maximum atomic E-state index is 12.5. The lowest BCUT2D eigenvalue weighted by molar-refractivity contribution is 0.0785. The summed E-state index contributed by atoms with van der Waals surface area (Å²) in [6.07, 6.45) is 0.